The Kier molecular flexibility index (Phi) is 4.55. The van der Waals surface area contributed by atoms with Crippen LogP contribution in [0.25, 0.3) is 11.4 Å². The summed E-state index contributed by atoms with van der Waals surface area (Å²) in [5.41, 5.74) is 2.33. The van der Waals surface area contributed by atoms with E-state index in [-0.39, 0.29) is 5.97 Å². The quantitative estimate of drug-likeness (QED) is 0.492. The molecule has 3 aromatic rings. The van der Waals surface area contributed by atoms with Gasteiger partial charge in [-0.05, 0) is 36.3 Å². The minimum Gasteiger partial charge on any atom is -0.462 e. The molecule has 0 amide bonds. The number of carbonyl (C=O) groups excluding carboxylic acids is 1. The first-order valence-corrected chi connectivity index (χ1v) is 10.6. The van der Waals surface area contributed by atoms with Crippen LogP contribution in [0.2, 0.25) is 0 Å². The van der Waals surface area contributed by atoms with Crippen molar-refractivity contribution in [3.8, 4) is 0 Å². The summed E-state index contributed by atoms with van der Waals surface area (Å²) in [5.74, 6) is -0.348. The lowest BCUT2D eigenvalue weighted by atomic mass is 10.1. The standard InChI is InChI=1S/C23H19O3P/c1-2-26-23(24)18-14-12-17(13-15-18)22-16-19-8-6-7-11-21(19)27(22,25)20-9-4-3-5-10-20/h3-16H,2H2,1H3. The maximum atomic E-state index is 14.3. The summed E-state index contributed by atoms with van der Waals surface area (Å²) in [6, 6.07) is 24.6. The molecule has 0 radical (unpaired) electrons. The maximum absolute atomic E-state index is 14.3. The lowest BCUT2D eigenvalue weighted by molar-refractivity contribution is 0.0526. The molecule has 0 bridgehead atoms. The van der Waals surface area contributed by atoms with E-state index in [0.29, 0.717) is 12.2 Å². The van der Waals surface area contributed by atoms with E-state index in [2.05, 4.69) is 0 Å². The first kappa shape index (κ1) is 17.5. The minimum atomic E-state index is -2.95. The van der Waals surface area contributed by atoms with Crippen LogP contribution in [-0.4, -0.2) is 12.6 Å². The molecule has 0 saturated heterocycles. The highest BCUT2D eigenvalue weighted by molar-refractivity contribution is 7.88. The summed E-state index contributed by atoms with van der Waals surface area (Å²) in [6.07, 6.45) is 2.00. The van der Waals surface area contributed by atoms with Crippen LogP contribution in [-0.2, 0) is 9.30 Å². The van der Waals surface area contributed by atoms with Crippen LogP contribution in [0.5, 0.6) is 0 Å². The Hall–Kier alpha value is -2.90. The fourth-order valence-corrected chi connectivity index (χ4v) is 6.48. The van der Waals surface area contributed by atoms with Crippen molar-refractivity contribution in [2.75, 3.05) is 6.61 Å². The summed E-state index contributed by atoms with van der Waals surface area (Å²) < 4.78 is 19.4. The Morgan fingerprint density at radius 2 is 1.56 bits per heavy atom. The molecule has 1 unspecified atom stereocenters. The summed E-state index contributed by atoms with van der Waals surface area (Å²) >= 11 is 0. The van der Waals surface area contributed by atoms with Gasteiger partial charge in [0.1, 0.15) is 0 Å². The van der Waals surface area contributed by atoms with Gasteiger partial charge in [0, 0.05) is 15.9 Å². The smallest absolute Gasteiger partial charge is 0.338 e. The molecule has 1 aliphatic rings. The van der Waals surface area contributed by atoms with Crippen molar-refractivity contribution in [3.05, 3.63) is 95.6 Å². The largest absolute Gasteiger partial charge is 0.462 e. The van der Waals surface area contributed by atoms with Crippen molar-refractivity contribution in [2.45, 2.75) is 6.92 Å². The molecule has 1 aliphatic heterocycles. The molecular formula is C23H19O3P. The van der Waals surface area contributed by atoms with E-state index in [4.69, 9.17) is 4.74 Å². The van der Waals surface area contributed by atoms with Gasteiger partial charge in [0.05, 0.1) is 12.2 Å². The summed E-state index contributed by atoms with van der Waals surface area (Å²) in [4.78, 5) is 11.9. The second kappa shape index (κ2) is 7.02. The van der Waals surface area contributed by atoms with Crippen LogP contribution in [0.4, 0.5) is 0 Å². The highest BCUT2D eigenvalue weighted by Crippen LogP contribution is 2.61. The van der Waals surface area contributed by atoms with Gasteiger partial charge in [-0.25, -0.2) is 4.79 Å². The van der Waals surface area contributed by atoms with Gasteiger partial charge in [0.25, 0.3) is 0 Å². The van der Waals surface area contributed by atoms with Gasteiger partial charge in [-0.3, -0.25) is 0 Å². The normalized spacial score (nSPS) is 17.9. The predicted octanol–water partition coefficient (Wildman–Crippen LogP) is 4.69. The minimum absolute atomic E-state index is 0.338. The number of benzene rings is 3. The Balaban J connectivity index is 1.82. The molecule has 0 N–H and O–H groups in total. The number of carbonyl (C=O) groups is 1. The molecule has 0 saturated carbocycles. The van der Waals surface area contributed by atoms with E-state index in [1.165, 1.54) is 0 Å². The Morgan fingerprint density at radius 1 is 0.889 bits per heavy atom. The molecule has 27 heavy (non-hydrogen) atoms. The molecule has 4 rings (SSSR count). The van der Waals surface area contributed by atoms with E-state index in [1.807, 2.05) is 72.8 Å². The molecule has 0 aromatic heterocycles. The summed E-state index contributed by atoms with van der Waals surface area (Å²) in [5, 5.41) is 2.47. The molecule has 0 spiro atoms. The van der Waals surface area contributed by atoms with E-state index in [0.717, 1.165) is 27.1 Å². The summed E-state index contributed by atoms with van der Waals surface area (Å²) in [7, 11) is -2.95. The average Bonchev–Trinajstić information content (AvgIpc) is 3.03. The van der Waals surface area contributed by atoms with E-state index in [9.17, 15) is 9.36 Å². The third-order valence-corrected chi connectivity index (χ3v) is 7.90. The molecule has 1 heterocycles. The van der Waals surface area contributed by atoms with Crippen LogP contribution in [0.15, 0.2) is 78.9 Å². The Morgan fingerprint density at radius 3 is 2.26 bits per heavy atom. The van der Waals surface area contributed by atoms with Crippen LogP contribution < -0.4 is 10.6 Å². The first-order valence-electron chi connectivity index (χ1n) is 8.89. The Labute approximate surface area is 158 Å². The molecule has 0 aliphatic carbocycles. The zero-order valence-corrected chi connectivity index (χ0v) is 15.9. The molecule has 0 fully saturated rings. The van der Waals surface area contributed by atoms with Crippen molar-refractivity contribution in [1.82, 2.24) is 0 Å². The summed E-state index contributed by atoms with van der Waals surface area (Å²) in [6.45, 7) is 2.12. The zero-order chi connectivity index (χ0) is 18.9. The number of ether oxygens (including phenoxy) is 1. The van der Waals surface area contributed by atoms with E-state index < -0.39 is 7.14 Å². The van der Waals surface area contributed by atoms with Crippen LogP contribution >= 0.6 is 7.14 Å². The van der Waals surface area contributed by atoms with E-state index >= 15 is 0 Å². The van der Waals surface area contributed by atoms with Crippen LogP contribution in [0.3, 0.4) is 0 Å². The molecule has 134 valence electrons. The second-order valence-electron chi connectivity index (χ2n) is 6.33. The topological polar surface area (TPSA) is 43.4 Å². The van der Waals surface area contributed by atoms with Gasteiger partial charge < -0.3 is 9.30 Å². The number of rotatable bonds is 4. The molecular weight excluding hydrogens is 355 g/mol. The van der Waals surface area contributed by atoms with Gasteiger partial charge in [0.2, 0.25) is 0 Å². The maximum Gasteiger partial charge on any atom is 0.338 e. The van der Waals surface area contributed by atoms with Gasteiger partial charge in [0.15, 0.2) is 7.14 Å². The van der Waals surface area contributed by atoms with Gasteiger partial charge >= 0.3 is 5.97 Å². The monoisotopic (exact) mass is 374 g/mol. The van der Waals surface area contributed by atoms with Crippen molar-refractivity contribution in [2.24, 2.45) is 0 Å². The number of fused-ring (bicyclic) bond motifs is 1. The van der Waals surface area contributed by atoms with Crippen LogP contribution in [0.1, 0.15) is 28.4 Å². The highest BCUT2D eigenvalue weighted by atomic mass is 31.2. The SMILES string of the molecule is CCOC(=O)c1ccc(C2=Cc3ccccc3P2(=O)c2ccccc2)cc1. The third kappa shape index (κ3) is 2.94. The number of hydrogen-bond donors (Lipinski definition) is 0. The number of esters is 1. The van der Waals surface area contributed by atoms with Gasteiger partial charge in [-0.1, -0.05) is 66.7 Å². The third-order valence-electron chi connectivity index (χ3n) is 4.72. The van der Waals surface area contributed by atoms with Crippen molar-refractivity contribution < 1.29 is 14.1 Å². The lowest BCUT2D eigenvalue weighted by Crippen LogP contribution is -2.15. The highest BCUT2D eigenvalue weighted by Gasteiger charge is 2.38. The molecule has 3 aromatic carbocycles. The second-order valence-corrected chi connectivity index (χ2v) is 9.03. The lowest BCUT2D eigenvalue weighted by Gasteiger charge is -2.19. The predicted molar refractivity (Wildman–Crippen MR) is 110 cm³/mol. The fourth-order valence-electron chi connectivity index (χ4n) is 3.44. The number of hydrogen-bond acceptors (Lipinski definition) is 3. The van der Waals surface area contributed by atoms with E-state index in [1.54, 1.807) is 19.1 Å². The van der Waals surface area contributed by atoms with Crippen molar-refractivity contribution in [3.63, 3.8) is 0 Å². The van der Waals surface area contributed by atoms with Crippen molar-refractivity contribution in [1.29, 1.82) is 0 Å². The van der Waals surface area contributed by atoms with Gasteiger partial charge in [-0.15, -0.1) is 0 Å². The fraction of sp³-hybridized carbons (Fsp3) is 0.0870. The molecule has 1 atom stereocenters. The zero-order valence-electron chi connectivity index (χ0n) is 15.0. The van der Waals surface area contributed by atoms with Crippen LogP contribution in [0, 0.1) is 0 Å². The first-order chi connectivity index (χ1) is 13.1. The molecule has 3 nitrogen and oxygen atoms in total. The van der Waals surface area contributed by atoms with Crippen molar-refractivity contribution >= 4 is 35.1 Å². The Bertz CT molecular complexity index is 1070. The molecule has 4 heteroatoms. The average molecular weight is 374 g/mol. The van der Waals surface area contributed by atoms with Gasteiger partial charge in [-0.2, -0.15) is 0 Å².